The number of hydrogen-bond acceptors (Lipinski definition) is 3. The van der Waals surface area contributed by atoms with Crippen LogP contribution in [0.15, 0.2) is 104 Å². The molecule has 0 aliphatic carbocycles. The number of unbranched alkanes of at least 4 members (excludes halogenated alkanes) is 1. The Hall–Kier alpha value is -3.66. The largest absolute Gasteiger partial charge is 0.466 e. The minimum absolute atomic E-state index is 0.126. The maximum atomic E-state index is 11.6. The molecule has 168 valence electrons. The first-order chi connectivity index (χ1) is 16.2. The molecule has 0 N–H and O–H groups in total. The van der Waals surface area contributed by atoms with Gasteiger partial charge in [-0.05, 0) is 42.9 Å². The van der Waals surface area contributed by atoms with Gasteiger partial charge in [-0.1, -0.05) is 91.0 Å². The zero-order valence-corrected chi connectivity index (χ0v) is 19.1. The van der Waals surface area contributed by atoms with Crippen molar-refractivity contribution in [1.29, 1.82) is 0 Å². The van der Waals surface area contributed by atoms with Crippen molar-refractivity contribution in [1.82, 2.24) is 9.55 Å². The molecule has 33 heavy (non-hydrogen) atoms. The lowest BCUT2D eigenvalue weighted by molar-refractivity contribution is -0.143. The van der Waals surface area contributed by atoms with Crippen molar-refractivity contribution in [2.45, 2.75) is 38.1 Å². The normalized spacial score (nSPS) is 11.3. The molecule has 1 heterocycles. The van der Waals surface area contributed by atoms with Gasteiger partial charge in [-0.15, -0.1) is 0 Å². The van der Waals surface area contributed by atoms with Crippen molar-refractivity contribution < 1.29 is 9.53 Å². The number of benzene rings is 3. The monoisotopic (exact) mass is 438 g/mol. The molecule has 1 aromatic heterocycles. The number of carbonyl (C=O) groups is 1. The van der Waals surface area contributed by atoms with Crippen molar-refractivity contribution >= 4 is 5.97 Å². The molecule has 4 nitrogen and oxygen atoms in total. The summed E-state index contributed by atoms with van der Waals surface area (Å²) in [6, 6.07) is 31.7. The molecule has 0 fully saturated rings. The molecule has 4 rings (SSSR count). The fraction of sp³-hybridized carbons (Fsp3) is 0.241. The summed E-state index contributed by atoms with van der Waals surface area (Å²) < 4.78 is 7.26. The lowest BCUT2D eigenvalue weighted by Gasteiger charge is -2.37. The fourth-order valence-corrected chi connectivity index (χ4v) is 4.47. The van der Waals surface area contributed by atoms with E-state index in [0.717, 1.165) is 25.0 Å². The first-order valence-electron chi connectivity index (χ1n) is 11.6. The summed E-state index contributed by atoms with van der Waals surface area (Å²) in [5.41, 5.74) is 4.00. The van der Waals surface area contributed by atoms with E-state index in [1.54, 1.807) is 0 Å². The molecule has 0 bridgehead atoms. The highest BCUT2D eigenvalue weighted by Gasteiger charge is 2.38. The second-order valence-electron chi connectivity index (χ2n) is 8.09. The molecule has 0 unspecified atom stereocenters. The van der Waals surface area contributed by atoms with Crippen molar-refractivity contribution in [3.05, 3.63) is 126 Å². The minimum atomic E-state index is -0.542. The van der Waals surface area contributed by atoms with Gasteiger partial charge in [0.25, 0.3) is 0 Å². The number of hydrogen-bond donors (Lipinski definition) is 0. The second-order valence-corrected chi connectivity index (χ2v) is 8.09. The molecule has 4 aromatic rings. The number of ether oxygens (including phenoxy) is 1. The van der Waals surface area contributed by atoms with Crippen molar-refractivity contribution in [2.24, 2.45) is 0 Å². The van der Waals surface area contributed by atoms with Crippen LogP contribution in [-0.4, -0.2) is 22.1 Å². The van der Waals surface area contributed by atoms with E-state index in [-0.39, 0.29) is 5.97 Å². The molecule has 0 saturated heterocycles. The van der Waals surface area contributed by atoms with Gasteiger partial charge in [-0.25, -0.2) is 4.98 Å². The Balaban J connectivity index is 1.72. The van der Waals surface area contributed by atoms with Crippen LogP contribution in [0.1, 0.15) is 48.6 Å². The maximum Gasteiger partial charge on any atom is 0.305 e. The lowest BCUT2D eigenvalue weighted by atomic mass is 9.77. The van der Waals surface area contributed by atoms with Gasteiger partial charge in [0.05, 0.1) is 18.6 Å². The highest BCUT2D eigenvalue weighted by atomic mass is 16.5. The third-order valence-corrected chi connectivity index (χ3v) is 5.97. The van der Waals surface area contributed by atoms with E-state index in [4.69, 9.17) is 9.72 Å². The van der Waals surface area contributed by atoms with Crippen LogP contribution in [-0.2, 0) is 21.5 Å². The number of nitrogens with zero attached hydrogens (tertiary/aromatic N) is 2. The third-order valence-electron chi connectivity index (χ3n) is 5.97. The Morgan fingerprint density at radius 3 is 1.82 bits per heavy atom. The van der Waals surface area contributed by atoms with E-state index in [2.05, 4.69) is 83.6 Å². The molecule has 0 saturated carbocycles. The molecule has 0 spiro atoms. The number of carbonyl (C=O) groups excluding carboxylic acids is 1. The van der Waals surface area contributed by atoms with Gasteiger partial charge in [0, 0.05) is 12.6 Å². The number of rotatable bonds is 10. The van der Waals surface area contributed by atoms with Gasteiger partial charge in [0.2, 0.25) is 0 Å². The average molecular weight is 439 g/mol. The zero-order chi connectivity index (χ0) is 22.9. The quantitative estimate of drug-likeness (QED) is 0.173. The minimum Gasteiger partial charge on any atom is -0.466 e. The van der Waals surface area contributed by atoms with Crippen LogP contribution >= 0.6 is 0 Å². The predicted octanol–water partition coefficient (Wildman–Crippen LogP) is 6.00. The van der Waals surface area contributed by atoms with E-state index in [1.807, 2.05) is 31.5 Å². The van der Waals surface area contributed by atoms with Crippen molar-refractivity contribution in [3.8, 4) is 0 Å². The number of aromatic nitrogens is 2. The molecule has 4 heteroatoms. The van der Waals surface area contributed by atoms with E-state index < -0.39 is 5.54 Å². The predicted molar refractivity (Wildman–Crippen MR) is 131 cm³/mol. The summed E-state index contributed by atoms with van der Waals surface area (Å²) in [4.78, 5) is 16.4. The highest BCUT2D eigenvalue weighted by Crippen LogP contribution is 2.40. The molecule has 0 aliphatic heterocycles. The van der Waals surface area contributed by atoms with Gasteiger partial charge in [0.1, 0.15) is 5.54 Å². The van der Waals surface area contributed by atoms with Crippen molar-refractivity contribution in [3.63, 3.8) is 0 Å². The van der Waals surface area contributed by atoms with Crippen LogP contribution in [0.3, 0.4) is 0 Å². The Bertz CT molecular complexity index is 1040. The van der Waals surface area contributed by atoms with Crippen LogP contribution in [0.25, 0.3) is 0 Å². The topological polar surface area (TPSA) is 44.1 Å². The summed E-state index contributed by atoms with van der Waals surface area (Å²) in [7, 11) is 0. The average Bonchev–Trinajstić information content (AvgIpc) is 3.34. The molecular formula is C29H30N2O2. The summed E-state index contributed by atoms with van der Waals surface area (Å²) in [6.07, 6.45) is 7.06. The molecule has 0 radical (unpaired) electrons. The van der Waals surface area contributed by atoms with E-state index in [9.17, 15) is 4.79 Å². The summed E-state index contributed by atoms with van der Waals surface area (Å²) in [6.45, 7) is 2.27. The summed E-state index contributed by atoms with van der Waals surface area (Å²) in [5, 5.41) is 0. The Morgan fingerprint density at radius 2 is 1.33 bits per heavy atom. The number of esters is 1. The third kappa shape index (κ3) is 4.90. The van der Waals surface area contributed by atoms with Crippen LogP contribution in [0.2, 0.25) is 0 Å². The van der Waals surface area contributed by atoms with Crippen molar-refractivity contribution in [2.75, 3.05) is 6.61 Å². The standard InChI is InChI=1S/C29H30N2O2/c1-2-33-28(32)21-13-12-20-27-22-31(23-30-27)29(24-14-6-3-7-15-24,25-16-8-4-9-17-25)26-18-10-5-11-19-26/h3-11,14-19,22-23H,2,12-13,20-21H2,1H3. The van der Waals surface area contributed by atoms with Gasteiger partial charge in [-0.2, -0.15) is 0 Å². The van der Waals surface area contributed by atoms with E-state index in [0.29, 0.717) is 13.0 Å². The highest BCUT2D eigenvalue weighted by molar-refractivity contribution is 5.69. The maximum absolute atomic E-state index is 11.6. The Kier molecular flexibility index (Phi) is 7.36. The first-order valence-corrected chi connectivity index (χ1v) is 11.6. The van der Waals surface area contributed by atoms with Gasteiger partial charge >= 0.3 is 5.97 Å². The van der Waals surface area contributed by atoms with Crippen LogP contribution < -0.4 is 0 Å². The molecule has 0 amide bonds. The molecule has 3 aromatic carbocycles. The van der Waals surface area contributed by atoms with Crippen LogP contribution in [0.4, 0.5) is 0 Å². The lowest BCUT2D eigenvalue weighted by Crippen LogP contribution is -2.36. The Morgan fingerprint density at radius 1 is 0.818 bits per heavy atom. The SMILES string of the molecule is CCOC(=O)CCCCc1cn(C(c2ccccc2)(c2ccccc2)c2ccccc2)cn1. The van der Waals surface area contributed by atoms with Gasteiger partial charge in [-0.3, -0.25) is 4.79 Å². The molecule has 0 atom stereocenters. The van der Waals surface area contributed by atoms with Crippen LogP contribution in [0, 0.1) is 0 Å². The molecular weight excluding hydrogens is 408 g/mol. The van der Waals surface area contributed by atoms with Gasteiger partial charge < -0.3 is 9.30 Å². The fourth-order valence-electron chi connectivity index (χ4n) is 4.47. The van der Waals surface area contributed by atoms with E-state index in [1.165, 1.54) is 16.7 Å². The molecule has 0 aliphatic rings. The van der Waals surface area contributed by atoms with Crippen LogP contribution in [0.5, 0.6) is 0 Å². The smallest absolute Gasteiger partial charge is 0.305 e. The summed E-state index contributed by atoms with van der Waals surface area (Å²) in [5.74, 6) is -0.126. The van der Waals surface area contributed by atoms with Gasteiger partial charge in [0.15, 0.2) is 0 Å². The van der Waals surface area contributed by atoms with E-state index >= 15 is 0 Å². The summed E-state index contributed by atoms with van der Waals surface area (Å²) >= 11 is 0. The first kappa shape index (κ1) is 22.5. The number of aryl methyl sites for hydroxylation is 1. The number of imidazole rings is 1. The second kappa shape index (κ2) is 10.8. The Labute approximate surface area is 195 Å². The zero-order valence-electron chi connectivity index (χ0n) is 19.1.